The van der Waals surface area contributed by atoms with Crippen LogP contribution in [0.4, 0.5) is 0 Å². The van der Waals surface area contributed by atoms with Crippen LogP contribution < -0.4 is 5.32 Å². The third kappa shape index (κ3) is 6.55. The third-order valence-electron chi connectivity index (χ3n) is 3.21. The van der Waals surface area contributed by atoms with Crippen LogP contribution in [0.3, 0.4) is 0 Å². The van der Waals surface area contributed by atoms with E-state index in [0.717, 1.165) is 45.2 Å². The molecule has 0 spiro atoms. The van der Waals surface area contributed by atoms with Crippen LogP contribution in [0.2, 0.25) is 0 Å². The van der Waals surface area contributed by atoms with Gasteiger partial charge in [-0.15, -0.1) is 0 Å². The van der Waals surface area contributed by atoms with Gasteiger partial charge in [-0.25, -0.2) is 0 Å². The summed E-state index contributed by atoms with van der Waals surface area (Å²) in [6.45, 7) is 15.9. The normalized spacial score (nSPS) is 12.3. The van der Waals surface area contributed by atoms with Gasteiger partial charge in [0.2, 0.25) is 0 Å². The van der Waals surface area contributed by atoms with Gasteiger partial charge in [0.25, 0.3) is 0 Å². The Morgan fingerprint density at radius 2 is 2.05 bits per heavy atom. The van der Waals surface area contributed by atoms with Crippen molar-refractivity contribution >= 4 is 0 Å². The highest BCUT2D eigenvalue weighted by molar-refractivity contribution is 5.17. The second-order valence-electron chi connectivity index (χ2n) is 6.04. The van der Waals surface area contributed by atoms with Crippen molar-refractivity contribution in [2.24, 2.45) is 0 Å². The van der Waals surface area contributed by atoms with Gasteiger partial charge in [0, 0.05) is 30.8 Å². The standard InChI is InChI=1S/C16H30N2O2/c1-6-18(9-11-19-7-2)13-14-8-10-20-15(14)12-17-16(3,4)5/h8,10,17H,6-7,9,11-13H2,1-5H3. The van der Waals surface area contributed by atoms with E-state index in [1.54, 1.807) is 6.26 Å². The number of likely N-dealkylation sites (N-methyl/N-ethyl adjacent to an activating group) is 1. The molecule has 0 atom stereocenters. The molecule has 1 rings (SSSR count). The van der Waals surface area contributed by atoms with Gasteiger partial charge in [0.15, 0.2) is 0 Å². The fraction of sp³-hybridized carbons (Fsp3) is 0.750. The summed E-state index contributed by atoms with van der Waals surface area (Å²) in [6, 6.07) is 2.07. The Kier molecular flexibility index (Phi) is 7.27. The van der Waals surface area contributed by atoms with Crippen LogP contribution in [-0.4, -0.2) is 36.7 Å². The molecule has 0 aliphatic heterocycles. The number of nitrogens with zero attached hydrogens (tertiary/aromatic N) is 1. The van der Waals surface area contributed by atoms with E-state index in [1.807, 2.05) is 6.92 Å². The van der Waals surface area contributed by atoms with Gasteiger partial charge in [-0.2, -0.15) is 0 Å². The Morgan fingerprint density at radius 3 is 2.65 bits per heavy atom. The van der Waals surface area contributed by atoms with E-state index in [2.05, 4.69) is 44.0 Å². The van der Waals surface area contributed by atoms with E-state index in [0.29, 0.717) is 0 Å². The maximum absolute atomic E-state index is 5.61. The maximum Gasteiger partial charge on any atom is 0.122 e. The molecule has 1 N–H and O–H groups in total. The minimum absolute atomic E-state index is 0.101. The quantitative estimate of drug-likeness (QED) is 0.707. The summed E-state index contributed by atoms with van der Waals surface area (Å²) >= 11 is 0. The van der Waals surface area contributed by atoms with Crippen molar-refractivity contribution in [3.63, 3.8) is 0 Å². The van der Waals surface area contributed by atoms with E-state index in [9.17, 15) is 0 Å². The highest BCUT2D eigenvalue weighted by atomic mass is 16.5. The second kappa shape index (κ2) is 8.45. The number of ether oxygens (including phenoxy) is 1. The number of furan rings is 1. The second-order valence-corrected chi connectivity index (χ2v) is 6.04. The van der Waals surface area contributed by atoms with E-state index in [4.69, 9.17) is 9.15 Å². The molecule has 0 bridgehead atoms. The summed E-state index contributed by atoms with van der Waals surface area (Å²) in [4.78, 5) is 2.38. The zero-order chi connectivity index (χ0) is 15.0. The lowest BCUT2D eigenvalue weighted by Crippen LogP contribution is -2.35. The van der Waals surface area contributed by atoms with Crippen LogP contribution in [0.25, 0.3) is 0 Å². The predicted molar refractivity (Wildman–Crippen MR) is 82.7 cm³/mol. The Hall–Kier alpha value is -0.840. The molecule has 1 aromatic heterocycles. The predicted octanol–water partition coefficient (Wildman–Crippen LogP) is 3.03. The molecule has 0 saturated heterocycles. The fourth-order valence-corrected chi connectivity index (χ4v) is 1.94. The number of hydrogen-bond acceptors (Lipinski definition) is 4. The van der Waals surface area contributed by atoms with Crippen LogP contribution in [0.1, 0.15) is 45.9 Å². The van der Waals surface area contributed by atoms with Crippen molar-refractivity contribution in [3.8, 4) is 0 Å². The van der Waals surface area contributed by atoms with Crippen molar-refractivity contribution in [1.29, 1.82) is 0 Å². The molecule has 0 aliphatic carbocycles. The van der Waals surface area contributed by atoms with Crippen molar-refractivity contribution in [2.75, 3.05) is 26.3 Å². The molecule has 1 aromatic rings. The molecular formula is C16H30N2O2. The molecule has 0 unspecified atom stereocenters. The zero-order valence-electron chi connectivity index (χ0n) is 13.7. The molecule has 1 heterocycles. The minimum atomic E-state index is 0.101. The van der Waals surface area contributed by atoms with Crippen molar-refractivity contribution in [1.82, 2.24) is 10.2 Å². The number of rotatable bonds is 9. The first-order valence-electron chi connectivity index (χ1n) is 7.56. The van der Waals surface area contributed by atoms with Crippen LogP contribution in [0.15, 0.2) is 16.7 Å². The van der Waals surface area contributed by atoms with E-state index in [-0.39, 0.29) is 5.54 Å². The molecule has 116 valence electrons. The monoisotopic (exact) mass is 282 g/mol. The van der Waals surface area contributed by atoms with Gasteiger partial charge in [-0.3, -0.25) is 4.90 Å². The first-order chi connectivity index (χ1) is 9.46. The van der Waals surface area contributed by atoms with Crippen molar-refractivity contribution in [2.45, 2.75) is 53.2 Å². The van der Waals surface area contributed by atoms with Crippen LogP contribution in [0, 0.1) is 0 Å². The fourth-order valence-electron chi connectivity index (χ4n) is 1.94. The average molecular weight is 282 g/mol. The third-order valence-corrected chi connectivity index (χ3v) is 3.21. The SMILES string of the molecule is CCOCCN(CC)Cc1ccoc1CNC(C)(C)C. The molecule has 0 amide bonds. The van der Waals surface area contributed by atoms with Gasteiger partial charge in [-0.05, 0) is 40.3 Å². The molecular weight excluding hydrogens is 252 g/mol. The minimum Gasteiger partial charge on any atom is -0.468 e. The van der Waals surface area contributed by atoms with E-state index in [1.165, 1.54) is 5.56 Å². The number of hydrogen-bond donors (Lipinski definition) is 1. The summed E-state index contributed by atoms with van der Waals surface area (Å²) in [6.07, 6.45) is 1.78. The summed E-state index contributed by atoms with van der Waals surface area (Å²) < 4.78 is 11.0. The summed E-state index contributed by atoms with van der Waals surface area (Å²) in [5.41, 5.74) is 1.36. The molecule has 0 aliphatic rings. The highest BCUT2D eigenvalue weighted by Crippen LogP contribution is 2.14. The Labute approximate surface area is 123 Å². The van der Waals surface area contributed by atoms with Gasteiger partial charge < -0.3 is 14.5 Å². The Morgan fingerprint density at radius 1 is 1.30 bits per heavy atom. The summed E-state index contributed by atoms with van der Waals surface area (Å²) in [5, 5.41) is 3.47. The maximum atomic E-state index is 5.61. The number of nitrogens with one attached hydrogen (secondary N) is 1. The summed E-state index contributed by atoms with van der Waals surface area (Å²) in [5.74, 6) is 1.04. The summed E-state index contributed by atoms with van der Waals surface area (Å²) in [7, 11) is 0. The molecule has 4 heteroatoms. The Bertz CT molecular complexity index is 369. The largest absolute Gasteiger partial charge is 0.468 e. The first kappa shape index (κ1) is 17.2. The molecule has 20 heavy (non-hydrogen) atoms. The van der Waals surface area contributed by atoms with Crippen LogP contribution in [-0.2, 0) is 17.8 Å². The highest BCUT2D eigenvalue weighted by Gasteiger charge is 2.14. The lowest BCUT2D eigenvalue weighted by molar-refractivity contribution is 0.112. The van der Waals surface area contributed by atoms with Crippen molar-refractivity contribution in [3.05, 3.63) is 23.7 Å². The van der Waals surface area contributed by atoms with Gasteiger partial charge in [0.05, 0.1) is 19.4 Å². The molecule has 0 saturated carbocycles. The molecule has 0 aromatic carbocycles. The van der Waals surface area contributed by atoms with Crippen molar-refractivity contribution < 1.29 is 9.15 Å². The van der Waals surface area contributed by atoms with E-state index >= 15 is 0 Å². The molecule has 4 nitrogen and oxygen atoms in total. The average Bonchev–Trinajstić information content (AvgIpc) is 2.82. The zero-order valence-corrected chi connectivity index (χ0v) is 13.7. The van der Waals surface area contributed by atoms with Crippen LogP contribution >= 0.6 is 0 Å². The lowest BCUT2D eigenvalue weighted by atomic mass is 10.1. The molecule has 0 radical (unpaired) electrons. The van der Waals surface area contributed by atoms with Gasteiger partial charge in [-0.1, -0.05) is 6.92 Å². The first-order valence-corrected chi connectivity index (χ1v) is 7.56. The lowest BCUT2D eigenvalue weighted by Gasteiger charge is -2.22. The topological polar surface area (TPSA) is 37.6 Å². The smallest absolute Gasteiger partial charge is 0.122 e. The molecule has 0 fully saturated rings. The van der Waals surface area contributed by atoms with Gasteiger partial charge in [0.1, 0.15) is 5.76 Å². The van der Waals surface area contributed by atoms with E-state index < -0.39 is 0 Å². The van der Waals surface area contributed by atoms with Gasteiger partial charge >= 0.3 is 0 Å². The van der Waals surface area contributed by atoms with Crippen LogP contribution in [0.5, 0.6) is 0 Å². The Balaban J connectivity index is 2.51.